The van der Waals surface area contributed by atoms with Crippen LogP contribution >= 0.6 is 0 Å². The van der Waals surface area contributed by atoms with Crippen molar-refractivity contribution in [3.05, 3.63) is 53.2 Å². The molecular formula is C18H19N7O. The van der Waals surface area contributed by atoms with E-state index in [4.69, 9.17) is 11.0 Å². The first-order chi connectivity index (χ1) is 12.7. The molecule has 8 heteroatoms. The number of carbonyl (C=O) groups is 1. The van der Waals surface area contributed by atoms with E-state index in [1.165, 1.54) is 0 Å². The van der Waals surface area contributed by atoms with E-state index in [0.29, 0.717) is 23.6 Å². The van der Waals surface area contributed by atoms with E-state index in [-0.39, 0.29) is 0 Å². The topological polar surface area (TPSA) is 114 Å². The molecular weight excluding hydrogens is 330 g/mol. The van der Waals surface area contributed by atoms with Gasteiger partial charge in [-0.1, -0.05) is 0 Å². The molecule has 1 aliphatic heterocycles. The second kappa shape index (κ2) is 6.61. The summed E-state index contributed by atoms with van der Waals surface area (Å²) < 4.78 is 3.83. The predicted molar refractivity (Wildman–Crippen MR) is 94.2 cm³/mol. The first-order valence-corrected chi connectivity index (χ1v) is 8.57. The first-order valence-electron chi connectivity index (χ1n) is 8.57. The largest absolute Gasteiger partial charge is 0.365 e. The fourth-order valence-electron chi connectivity index (χ4n) is 3.51. The number of imidazole rings is 1. The Morgan fingerprint density at radius 1 is 1.42 bits per heavy atom. The Kier molecular flexibility index (Phi) is 4.14. The van der Waals surface area contributed by atoms with Gasteiger partial charge in [-0.05, 0) is 30.9 Å². The summed E-state index contributed by atoms with van der Waals surface area (Å²) in [5, 5.41) is 16.8. The molecule has 8 nitrogen and oxygen atoms in total. The van der Waals surface area contributed by atoms with Gasteiger partial charge in [-0.3, -0.25) is 9.48 Å². The van der Waals surface area contributed by atoms with Crippen LogP contribution < -0.4 is 11.1 Å². The van der Waals surface area contributed by atoms with Gasteiger partial charge >= 0.3 is 0 Å². The van der Waals surface area contributed by atoms with Crippen LogP contribution in [0.25, 0.3) is 5.65 Å². The molecule has 0 spiro atoms. The highest BCUT2D eigenvalue weighted by molar-refractivity contribution is 5.93. The molecule has 3 aromatic heterocycles. The molecule has 4 rings (SSSR count). The molecule has 132 valence electrons. The lowest BCUT2D eigenvalue weighted by Gasteiger charge is -2.24. The van der Waals surface area contributed by atoms with E-state index >= 15 is 0 Å². The van der Waals surface area contributed by atoms with Gasteiger partial charge in [0.05, 0.1) is 34.9 Å². The Labute approximate surface area is 150 Å². The highest BCUT2D eigenvalue weighted by atomic mass is 16.1. The molecule has 1 aliphatic rings. The average molecular weight is 349 g/mol. The zero-order valence-electron chi connectivity index (χ0n) is 14.2. The molecule has 0 fully saturated rings. The highest BCUT2D eigenvalue weighted by Gasteiger charge is 2.23. The number of amides is 1. The lowest BCUT2D eigenvalue weighted by atomic mass is 9.96. The van der Waals surface area contributed by atoms with Gasteiger partial charge in [0.25, 0.3) is 5.91 Å². The van der Waals surface area contributed by atoms with Crippen LogP contribution in [-0.4, -0.2) is 31.6 Å². The Hall–Kier alpha value is -3.18. The van der Waals surface area contributed by atoms with Gasteiger partial charge in [-0.15, -0.1) is 0 Å². The van der Waals surface area contributed by atoms with E-state index in [9.17, 15) is 4.79 Å². The monoisotopic (exact) mass is 349 g/mol. The molecule has 4 heterocycles. The van der Waals surface area contributed by atoms with Crippen LogP contribution in [0.1, 0.15) is 33.7 Å². The van der Waals surface area contributed by atoms with Crippen molar-refractivity contribution >= 4 is 11.6 Å². The predicted octanol–water partition coefficient (Wildman–Crippen LogP) is 0.854. The summed E-state index contributed by atoms with van der Waals surface area (Å²) in [6.45, 7) is 2.29. The van der Waals surface area contributed by atoms with Gasteiger partial charge in [0.1, 0.15) is 11.7 Å². The molecule has 26 heavy (non-hydrogen) atoms. The zero-order chi connectivity index (χ0) is 18.1. The number of nitriles is 1. The number of carbonyl (C=O) groups excluding carboxylic acids is 1. The fraction of sp³-hybridized carbons (Fsp3) is 0.333. The van der Waals surface area contributed by atoms with E-state index < -0.39 is 5.91 Å². The lowest BCUT2D eigenvalue weighted by molar-refractivity contribution is 0.0998. The number of hydrogen-bond acceptors (Lipinski definition) is 5. The molecule has 0 saturated heterocycles. The highest BCUT2D eigenvalue weighted by Crippen LogP contribution is 2.22. The maximum atomic E-state index is 11.4. The van der Waals surface area contributed by atoms with Crippen molar-refractivity contribution in [1.29, 1.82) is 5.26 Å². The third-order valence-corrected chi connectivity index (χ3v) is 4.89. The lowest BCUT2D eigenvalue weighted by Crippen LogP contribution is -2.31. The number of fused-ring (bicyclic) bond motifs is 2. The van der Waals surface area contributed by atoms with Gasteiger partial charge in [0.2, 0.25) is 0 Å². The van der Waals surface area contributed by atoms with Crippen LogP contribution in [0.5, 0.6) is 0 Å². The van der Waals surface area contributed by atoms with Crippen molar-refractivity contribution in [3.63, 3.8) is 0 Å². The summed E-state index contributed by atoms with van der Waals surface area (Å²) in [6.07, 6.45) is 7.01. The smallest absolute Gasteiger partial charge is 0.252 e. The molecule has 1 amide bonds. The van der Waals surface area contributed by atoms with Gasteiger partial charge in [-0.2, -0.15) is 10.4 Å². The van der Waals surface area contributed by atoms with Crippen molar-refractivity contribution in [2.24, 2.45) is 11.7 Å². The quantitative estimate of drug-likeness (QED) is 0.709. The van der Waals surface area contributed by atoms with Gasteiger partial charge in [-0.25, -0.2) is 4.98 Å². The minimum Gasteiger partial charge on any atom is -0.365 e. The normalized spacial score (nSPS) is 16.3. The van der Waals surface area contributed by atoms with E-state index in [0.717, 1.165) is 43.0 Å². The molecule has 1 atom stereocenters. The van der Waals surface area contributed by atoms with Gasteiger partial charge < -0.3 is 15.5 Å². The Morgan fingerprint density at radius 3 is 3.12 bits per heavy atom. The maximum absolute atomic E-state index is 11.4. The number of nitrogens with one attached hydrogen (secondary N) is 1. The summed E-state index contributed by atoms with van der Waals surface area (Å²) in [5.74, 6) is 0.0316. The van der Waals surface area contributed by atoms with Crippen LogP contribution in [0.3, 0.4) is 0 Å². The fourth-order valence-corrected chi connectivity index (χ4v) is 3.51. The number of nitrogens with two attached hydrogens (primary N) is 1. The van der Waals surface area contributed by atoms with E-state index in [1.54, 1.807) is 18.5 Å². The van der Waals surface area contributed by atoms with Crippen molar-refractivity contribution in [2.75, 3.05) is 6.54 Å². The second-order valence-electron chi connectivity index (χ2n) is 6.59. The van der Waals surface area contributed by atoms with Crippen molar-refractivity contribution in [3.8, 4) is 6.07 Å². The van der Waals surface area contributed by atoms with E-state index in [1.807, 2.05) is 21.3 Å². The zero-order valence-corrected chi connectivity index (χ0v) is 14.2. The number of pyridine rings is 1. The average Bonchev–Trinajstić information content (AvgIpc) is 3.25. The molecule has 0 aliphatic carbocycles. The minimum atomic E-state index is -0.410. The summed E-state index contributed by atoms with van der Waals surface area (Å²) in [6, 6.07) is 5.77. The molecule has 3 N–H and O–H groups in total. The van der Waals surface area contributed by atoms with Crippen LogP contribution in [0, 0.1) is 17.2 Å². The summed E-state index contributed by atoms with van der Waals surface area (Å²) in [5.41, 5.74) is 9.33. The Morgan fingerprint density at radius 2 is 2.31 bits per heavy atom. The second-order valence-corrected chi connectivity index (χ2v) is 6.59. The number of aromatic nitrogens is 4. The SMILES string of the molecule is N#Cc1ccc2ncc(CNC[C@H]3CCc4c(C(N)=O)cnn4C3)n2c1. The number of hydrogen-bond donors (Lipinski definition) is 2. The van der Waals surface area contributed by atoms with Crippen LogP contribution in [-0.2, 0) is 19.5 Å². The van der Waals surface area contributed by atoms with Crippen LogP contribution in [0.4, 0.5) is 0 Å². The van der Waals surface area contributed by atoms with Crippen molar-refractivity contribution in [1.82, 2.24) is 24.5 Å². The van der Waals surface area contributed by atoms with Gasteiger partial charge in [0.15, 0.2) is 0 Å². The van der Waals surface area contributed by atoms with E-state index in [2.05, 4.69) is 21.5 Å². The maximum Gasteiger partial charge on any atom is 0.252 e. The third-order valence-electron chi connectivity index (χ3n) is 4.89. The number of rotatable bonds is 5. The standard InChI is InChI=1S/C18H19N7O/c19-5-12-2-4-17-22-8-14(24(17)10-12)7-21-6-13-1-3-16-15(18(20)26)9-23-25(16)11-13/h2,4,8-10,13,21H,1,3,6-7,11H2,(H2,20,26)/t13-/m1/s1. The first kappa shape index (κ1) is 16.3. The van der Waals surface area contributed by atoms with Crippen LogP contribution in [0.2, 0.25) is 0 Å². The molecule has 0 saturated carbocycles. The molecule has 0 radical (unpaired) electrons. The van der Waals surface area contributed by atoms with Crippen molar-refractivity contribution < 1.29 is 4.79 Å². The molecule has 0 bridgehead atoms. The summed E-state index contributed by atoms with van der Waals surface area (Å²) in [4.78, 5) is 15.8. The number of nitrogens with zero attached hydrogens (tertiary/aromatic N) is 5. The third kappa shape index (κ3) is 2.93. The summed E-state index contributed by atoms with van der Waals surface area (Å²) in [7, 11) is 0. The molecule has 0 aromatic carbocycles. The molecule has 0 unspecified atom stereocenters. The van der Waals surface area contributed by atoms with Gasteiger partial charge in [0, 0.05) is 25.8 Å². The number of primary amides is 1. The van der Waals surface area contributed by atoms with Crippen molar-refractivity contribution in [2.45, 2.75) is 25.9 Å². The van der Waals surface area contributed by atoms with Crippen LogP contribution in [0.15, 0.2) is 30.7 Å². The molecule has 3 aromatic rings. The summed E-state index contributed by atoms with van der Waals surface area (Å²) >= 11 is 0. The Balaban J connectivity index is 1.38. The minimum absolute atomic E-state index is 0.410. The Bertz CT molecular complexity index is 1010.